The first-order chi connectivity index (χ1) is 10.6. The van der Waals surface area contributed by atoms with E-state index in [4.69, 9.17) is 5.73 Å². The maximum absolute atomic E-state index is 9.41. The van der Waals surface area contributed by atoms with Gasteiger partial charge in [0, 0.05) is 25.4 Å². The largest absolute Gasteiger partial charge is 0.383 e. The number of benzene rings is 1. The van der Waals surface area contributed by atoms with E-state index in [1.165, 1.54) is 4.88 Å². The first kappa shape index (κ1) is 14.8. The molecule has 2 aromatic heterocycles. The molecular weight excluding hydrogens is 358 g/mol. The topological polar surface area (TPSA) is 62.7 Å². The molecule has 1 aromatic carbocycles. The molecule has 3 nitrogen and oxygen atoms in total. The predicted molar refractivity (Wildman–Crippen MR) is 94.6 cm³/mol. The fourth-order valence-electron chi connectivity index (χ4n) is 2.26. The molecule has 0 aliphatic rings. The highest BCUT2D eigenvalue weighted by Gasteiger charge is 2.15. The molecule has 3 aromatic rings. The SMILES string of the molecule is Cc1ccc(-c2cc(-c3ccccc3Br)nc(N)c2C#N)s1. The van der Waals surface area contributed by atoms with E-state index in [-0.39, 0.29) is 5.82 Å². The lowest BCUT2D eigenvalue weighted by Gasteiger charge is -2.10. The highest BCUT2D eigenvalue weighted by molar-refractivity contribution is 9.10. The third-order valence-electron chi connectivity index (χ3n) is 3.31. The number of halogens is 1. The number of hydrogen-bond donors (Lipinski definition) is 1. The van der Waals surface area contributed by atoms with Gasteiger partial charge in [0.1, 0.15) is 17.5 Å². The fourth-order valence-corrected chi connectivity index (χ4v) is 3.64. The van der Waals surface area contributed by atoms with Crippen LogP contribution in [0, 0.1) is 18.3 Å². The number of aryl methyl sites for hydroxylation is 1. The van der Waals surface area contributed by atoms with Gasteiger partial charge in [-0.15, -0.1) is 11.3 Å². The molecule has 0 amide bonds. The summed E-state index contributed by atoms with van der Waals surface area (Å²) in [7, 11) is 0. The van der Waals surface area contributed by atoms with Crippen LogP contribution in [0.3, 0.4) is 0 Å². The summed E-state index contributed by atoms with van der Waals surface area (Å²) in [6, 6.07) is 16.0. The average Bonchev–Trinajstić information content (AvgIpc) is 2.93. The Morgan fingerprint density at radius 1 is 1.18 bits per heavy atom. The molecule has 0 radical (unpaired) electrons. The lowest BCUT2D eigenvalue weighted by Crippen LogP contribution is -1.99. The molecule has 0 saturated heterocycles. The van der Waals surface area contributed by atoms with Crippen molar-refractivity contribution in [3.8, 4) is 27.8 Å². The second kappa shape index (κ2) is 5.91. The molecule has 2 heterocycles. The minimum atomic E-state index is 0.261. The summed E-state index contributed by atoms with van der Waals surface area (Å²) in [6.07, 6.45) is 0. The van der Waals surface area contributed by atoms with Crippen LogP contribution in [-0.4, -0.2) is 4.98 Å². The van der Waals surface area contributed by atoms with Crippen molar-refractivity contribution in [1.82, 2.24) is 4.98 Å². The van der Waals surface area contributed by atoms with E-state index in [0.717, 1.165) is 26.2 Å². The molecule has 2 N–H and O–H groups in total. The van der Waals surface area contributed by atoms with Crippen LogP contribution in [0.5, 0.6) is 0 Å². The Balaban J connectivity index is 2.26. The Morgan fingerprint density at radius 3 is 2.59 bits per heavy atom. The lowest BCUT2D eigenvalue weighted by molar-refractivity contribution is 1.31. The zero-order valence-electron chi connectivity index (χ0n) is 11.8. The zero-order chi connectivity index (χ0) is 15.7. The molecule has 0 aliphatic heterocycles. The molecule has 0 unspecified atom stereocenters. The van der Waals surface area contributed by atoms with Crippen LogP contribution in [0.1, 0.15) is 10.4 Å². The molecule has 0 atom stereocenters. The summed E-state index contributed by atoms with van der Waals surface area (Å²) in [5.41, 5.74) is 8.99. The first-order valence-corrected chi connectivity index (χ1v) is 8.23. The van der Waals surface area contributed by atoms with Gasteiger partial charge in [0.25, 0.3) is 0 Å². The van der Waals surface area contributed by atoms with Gasteiger partial charge < -0.3 is 5.73 Å². The number of pyridine rings is 1. The van der Waals surface area contributed by atoms with Gasteiger partial charge in [0.15, 0.2) is 0 Å². The second-order valence-corrected chi connectivity index (χ2v) is 6.96. The van der Waals surface area contributed by atoms with Crippen molar-refractivity contribution in [1.29, 1.82) is 5.26 Å². The van der Waals surface area contributed by atoms with Crippen molar-refractivity contribution in [3.05, 3.63) is 57.4 Å². The Morgan fingerprint density at radius 2 is 1.95 bits per heavy atom. The number of nitrogens with two attached hydrogens (primary N) is 1. The van der Waals surface area contributed by atoms with Gasteiger partial charge >= 0.3 is 0 Å². The van der Waals surface area contributed by atoms with E-state index in [1.807, 2.05) is 49.4 Å². The second-order valence-electron chi connectivity index (χ2n) is 4.82. The molecule has 0 fully saturated rings. The minimum Gasteiger partial charge on any atom is -0.383 e. The van der Waals surface area contributed by atoms with Gasteiger partial charge in [0.2, 0.25) is 0 Å². The van der Waals surface area contributed by atoms with Crippen LogP contribution in [0.15, 0.2) is 46.9 Å². The summed E-state index contributed by atoms with van der Waals surface area (Å²) >= 11 is 5.18. The van der Waals surface area contributed by atoms with Gasteiger partial charge in [0.05, 0.1) is 5.69 Å². The van der Waals surface area contributed by atoms with Crippen LogP contribution in [0.4, 0.5) is 5.82 Å². The van der Waals surface area contributed by atoms with E-state index in [1.54, 1.807) is 11.3 Å². The molecule has 0 spiro atoms. The number of nitrogen functional groups attached to an aromatic ring is 1. The molecule has 3 rings (SSSR count). The Bertz CT molecular complexity index is 893. The number of rotatable bonds is 2. The highest BCUT2D eigenvalue weighted by Crippen LogP contribution is 2.36. The zero-order valence-corrected chi connectivity index (χ0v) is 14.2. The van der Waals surface area contributed by atoms with E-state index < -0.39 is 0 Å². The third-order valence-corrected chi connectivity index (χ3v) is 5.04. The molecule has 0 aliphatic carbocycles. The maximum atomic E-state index is 9.41. The monoisotopic (exact) mass is 369 g/mol. The first-order valence-electron chi connectivity index (χ1n) is 6.62. The van der Waals surface area contributed by atoms with Crippen molar-refractivity contribution < 1.29 is 0 Å². The number of aromatic nitrogens is 1. The number of hydrogen-bond acceptors (Lipinski definition) is 4. The van der Waals surface area contributed by atoms with Gasteiger partial charge in [-0.1, -0.05) is 34.1 Å². The molecule has 108 valence electrons. The molecule has 0 saturated carbocycles. The highest BCUT2D eigenvalue weighted by atomic mass is 79.9. The standard InChI is InChI=1S/C17H12BrN3S/c1-10-6-7-16(22-10)12-8-15(21-17(20)13(12)9-19)11-4-2-3-5-14(11)18/h2-8H,1H3,(H2,20,21). The van der Waals surface area contributed by atoms with Crippen molar-refractivity contribution >= 4 is 33.1 Å². The molecule has 22 heavy (non-hydrogen) atoms. The van der Waals surface area contributed by atoms with E-state index in [0.29, 0.717) is 5.56 Å². The third kappa shape index (κ3) is 2.63. The minimum absolute atomic E-state index is 0.261. The Hall–Kier alpha value is -2.16. The quantitative estimate of drug-likeness (QED) is 0.690. The summed E-state index contributed by atoms with van der Waals surface area (Å²) < 4.78 is 0.944. The van der Waals surface area contributed by atoms with Gasteiger partial charge in [-0.2, -0.15) is 5.26 Å². The maximum Gasteiger partial charge on any atom is 0.142 e. The predicted octanol–water partition coefficient (Wildman–Crippen LogP) is 5.00. The lowest BCUT2D eigenvalue weighted by atomic mass is 10.0. The van der Waals surface area contributed by atoms with Crippen LogP contribution in [0.25, 0.3) is 21.7 Å². The fraction of sp³-hybridized carbons (Fsp3) is 0.0588. The van der Waals surface area contributed by atoms with Crippen molar-refractivity contribution in [2.45, 2.75) is 6.92 Å². The number of anilines is 1. The normalized spacial score (nSPS) is 10.4. The van der Waals surface area contributed by atoms with Gasteiger partial charge in [-0.05, 0) is 31.2 Å². The summed E-state index contributed by atoms with van der Waals surface area (Å²) in [5.74, 6) is 0.261. The smallest absolute Gasteiger partial charge is 0.142 e. The molecular formula is C17H12BrN3S. The van der Waals surface area contributed by atoms with Crippen LogP contribution >= 0.6 is 27.3 Å². The Labute approximate surface area is 141 Å². The van der Waals surface area contributed by atoms with Crippen molar-refractivity contribution in [2.75, 3.05) is 5.73 Å². The van der Waals surface area contributed by atoms with Crippen LogP contribution in [-0.2, 0) is 0 Å². The molecule has 0 bridgehead atoms. The van der Waals surface area contributed by atoms with E-state index in [2.05, 4.69) is 27.0 Å². The number of thiophene rings is 1. The van der Waals surface area contributed by atoms with Crippen LogP contribution < -0.4 is 5.73 Å². The van der Waals surface area contributed by atoms with Gasteiger partial charge in [-0.3, -0.25) is 0 Å². The number of nitrogens with zero attached hydrogens (tertiary/aromatic N) is 2. The summed E-state index contributed by atoms with van der Waals surface area (Å²) in [4.78, 5) is 6.61. The van der Waals surface area contributed by atoms with E-state index >= 15 is 0 Å². The van der Waals surface area contributed by atoms with Crippen LogP contribution in [0.2, 0.25) is 0 Å². The Kier molecular flexibility index (Phi) is 3.97. The van der Waals surface area contributed by atoms with Gasteiger partial charge in [-0.25, -0.2) is 4.98 Å². The van der Waals surface area contributed by atoms with E-state index in [9.17, 15) is 5.26 Å². The number of nitriles is 1. The summed E-state index contributed by atoms with van der Waals surface area (Å²) in [5, 5.41) is 9.41. The molecule has 5 heteroatoms. The van der Waals surface area contributed by atoms with Crippen molar-refractivity contribution in [3.63, 3.8) is 0 Å². The average molecular weight is 370 g/mol. The van der Waals surface area contributed by atoms with Crippen molar-refractivity contribution in [2.24, 2.45) is 0 Å². The summed E-state index contributed by atoms with van der Waals surface area (Å²) in [6.45, 7) is 2.04.